The van der Waals surface area contributed by atoms with Gasteiger partial charge in [-0.1, -0.05) is 17.7 Å². The largest absolute Gasteiger partial charge is 0.491 e. The molecule has 0 unspecified atom stereocenters. The topological polar surface area (TPSA) is 71.1 Å². The third kappa shape index (κ3) is 6.23. The van der Waals surface area contributed by atoms with Crippen LogP contribution in [0.1, 0.15) is 35.4 Å². The highest BCUT2D eigenvalue weighted by molar-refractivity contribution is 7.10. The molecule has 0 fully saturated rings. The molecule has 0 bridgehead atoms. The van der Waals surface area contributed by atoms with E-state index in [4.69, 9.17) is 9.47 Å². The van der Waals surface area contributed by atoms with Crippen molar-refractivity contribution in [1.29, 1.82) is 0 Å². The van der Waals surface area contributed by atoms with Gasteiger partial charge < -0.3 is 24.6 Å². The van der Waals surface area contributed by atoms with E-state index in [2.05, 4.69) is 16.8 Å². The minimum absolute atomic E-state index is 0.0377. The first-order valence-electron chi connectivity index (χ1n) is 11.1. The van der Waals surface area contributed by atoms with Crippen LogP contribution in [0.2, 0.25) is 0 Å². The summed E-state index contributed by atoms with van der Waals surface area (Å²) < 4.78 is 11.2. The number of benzene rings is 1. The molecule has 2 aromatic rings. The predicted molar refractivity (Wildman–Crippen MR) is 126 cm³/mol. The van der Waals surface area contributed by atoms with Crippen LogP contribution in [0.25, 0.3) is 0 Å². The number of hydrogen-bond acceptors (Lipinski definition) is 5. The van der Waals surface area contributed by atoms with Crippen molar-refractivity contribution in [2.45, 2.75) is 32.7 Å². The van der Waals surface area contributed by atoms with E-state index in [-0.39, 0.29) is 24.5 Å². The van der Waals surface area contributed by atoms with Crippen LogP contribution in [0.5, 0.6) is 5.75 Å². The molecule has 1 aromatic carbocycles. The first-order valence-corrected chi connectivity index (χ1v) is 12.0. The lowest BCUT2D eigenvalue weighted by atomic mass is 10.0. The first kappa shape index (κ1) is 24.1. The Bertz CT molecular complexity index is 884. The normalized spacial score (nSPS) is 15.2. The Kier molecular flexibility index (Phi) is 8.93. The maximum atomic E-state index is 13.4. The molecule has 7 nitrogen and oxygen atoms in total. The van der Waals surface area contributed by atoms with Crippen molar-refractivity contribution in [3.63, 3.8) is 0 Å². The van der Waals surface area contributed by atoms with Gasteiger partial charge in [0.2, 0.25) is 5.91 Å². The van der Waals surface area contributed by atoms with Crippen LogP contribution in [-0.2, 0) is 16.0 Å². The molecule has 1 aromatic heterocycles. The number of fused-ring (bicyclic) bond motifs is 1. The van der Waals surface area contributed by atoms with Crippen LogP contribution >= 0.6 is 11.3 Å². The number of aryl methyl sites for hydroxylation is 1. The van der Waals surface area contributed by atoms with Gasteiger partial charge in [-0.2, -0.15) is 0 Å². The van der Waals surface area contributed by atoms with Crippen LogP contribution in [0, 0.1) is 6.92 Å². The predicted octanol–water partition coefficient (Wildman–Crippen LogP) is 3.63. The fourth-order valence-electron chi connectivity index (χ4n) is 3.85. The van der Waals surface area contributed by atoms with Gasteiger partial charge in [0, 0.05) is 38.2 Å². The number of amides is 3. The number of carbonyl (C=O) groups excluding carboxylic acids is 2. The number of nitrogens with one attached hydrogen (secondary N) is 1. The molecule has 3 amide bonds. The lowest BCUT2D eigenvalue weighted by Gasteiger charge is -2.37. The first-order chi connectivity index (χ1) is 15.5. The summed E-state index contributed by atoms with van der Waals surface area (Å²) in [7, 11) is 1.63. The molecule has 1 aliphatic rings. The molecule has 174 valence electrons. The minimum Gasteiger partial charge on any atom is -0.491 e. The van der Waals surface area contributed by atoms with Gasteiger partial charge in [-0.05, 0) is 55.8 Å². The Balaban J connectivity index is 1.72. The highest BCUT2D eigenvalue weighted by atomic mass is 32.1. The van der Waals surface area contributed by atoms with Crippen molar-refractivity contribution in [3.05, 3.63) is 51.7 Å². The van der Waals surface area contributed by atoms with Crippen LogP contribution in [0.4, 0.5) is 4.79 Å². The number of carbonyl (C=O) groups is 2. The zero-order valence-electron chi connectivity index (χ0n) is 19.1. The molecule has 0 radical (unpaired) electrons. The number of urea groups is 1. The van der Waals surface area contributed by atoms with E-state index < -0.39 is 0 Å². The quantitative estimate of drug-likeness (QED) is 0.551. The van der Waals surface area contributed by atoms with Gasteiger partial charge >= 0.3 is 6.03 Å². The van der Waals surface area contributed by atoms with Crippen molar-refractivity contribution in [3.8, 4) is 5.75 Å². The monoisotopic (exact) mass is 459 g/mol. The van der Waals surface area contributed by atoms with Crippen molar-refractivity contribution in [1.82, 2.24) is 15.1 Å². The number of nitrogens with zero attached hydrogens (tertiary/aromatic N) is 2. The Morgan fingerprint density at radius 3 is 2.75 bits per heavy atom. The SMILES string of the molecule is CCNC(=O)N(CCCOC)CC(=O)N1CCc2sccc2[C@@H]1COc1ccc(C)cc1. The summed E-state index contributed by atoms with van der Waals surface area (Å²) in [6.07, 6.45) is 1.50. The molecule has 1 N–H and O–H groups in total. The third-order valence-electron chi connectivity index (χ3n) is 5.56. The van der Waals surface area contributed by atoms with Gasteiger partial charge in [0.15, 0.2) is 0 Å². The van der Waals surface area contributed by atoms with Crippen LogP contribution < -0.4 is 10.1 Å². The summed E-state index contributed by atoms with van der Waals surface area (Å²) in [4.78, 5) is 30.6. The standard InChI is InChI=1S/C24H33N3O4S/c1-4-25-24(29)26(12-5-14-30-3)16-23(28)27-13-10-22-20(11-15-32-22)21(27)17-31-19-8-6-18(2)7-9-19/h6-9,11,15,21H,4-5,10,12-14,16-17H2,1-3H3,(H,25,29)/t21-/m0/s1. The molecule has 2 heterocycles. The van der Waals surface area contributed by atoms with Gasteiger partial charge in [-0.3, -0.25) is 4.79 Å². The van der Waals surface area contributed by atoms with Gasteiger partial charge in [0.25, 0.3) is 0 Å². The zero-order chi connectivity index (χ0) is 22.9. The highest BCUT2D eigenvalue weighted by Gasteiger charge is 2.33. The second-order valence-corrected chi connectivity index (χ2v) is 8.88. The van der Waals surface area contributed by atoms with E-state index in [1.807, 2.05) is 43.0 Å². The summed E-state index contributed by atoms with van der Waals surface area (Å²) in [5.41, 5.74) is 2.32. The lowest BCUT2D eigenvalue weighted by molar-refractivity contribution is -0.135. The molecular weight excluding hydrogens is 426 g/mol. The smallest absolute Gasteiger partial charge is 0.317 e. The van der Waals surface area contributed by atoms with E-state index in [0.717, 1.165) is 17.7 Å². The zero-order valence-corrected chi connectivity index (χ0v) is 20.0. The maximum Gasteiger partial charge on any atom is 0.317 e. The van der Waals surface area contributed by atoms with E-state index >= 15 is 0 Å². The fraction of sp³-hybridized carbons (Fsp3) is 0.500. The molecule has 3 rings (SSSR count). The molecule has 0 saturated carbocycles. The molecule has 0 aliphatic carbocycles. The van der Waals surface area contributed by atoms with Crippen LogP contribution in [0.15, 0.2) is 35.7 Å². The van der Waals surface area contributed by atoms with Gasteiger partial charge in [0.1, 0.15) is 18.9 Å². The Labute approximate surface area is 194 Å². The van der Waals surface area contributed by atoms with Gasteiger partial charge in [-0.15, -0.1) is 11.3 Å². The number of rotatable bonds is 10. The average Bonchev–Trinajstić information content (AvgIpc) is 3.27. The third-order valence-corrected chi connectivity index (χ3v) is 6.56. The van der Waals surface area contributed by atoms with Crippen LogP contribution in [0.3, 0.4) is 0 Å². The Morgan fingerprint density at radius 1 is 1.25 bits per heavy atom. The van der Waals surface area contributed by atoms with Crippen molar-refractivity contribution >= 4 is 23.3 Å². The minimum atomic E-state index is -0.224. The van der Waals surface area contributed by atoms with Crippen molar-refractivity contribution in [2.75, 3.05) is 46.5 Å². The lowest BCUT2D eigenvalue weighted by Crippen LogP contribution is -2.50. The van der Waals surface area contributed by atoms with E-state index in [9.17, 15) is 9.59 Å². The molecule has 32 heavy (non-hydrogen) atoms. The molecular formula is C24H33N3O4S. The van der Waals surface area contributed by atoms with E-state index in [1.54, 1.807) is 23.3 Å². The molecule has 8 heteroatoms. The Morgan fingerprint density at radius 2 is 2.03 bits per heavy atom. The van der Waals surface area contributed by atoms with E-state index in [1.165, 1.54) is 10.4 Å². The second kappa shape index (κ2) is 11.9. The fourth-order valence-corrected chi connectivity index (χ4v) is 4.78. The Hall–Kier alpha value is -2.58. The molecule has 1 atom stereocenters. The number of ether oxygens (including phenoxy) is 2. The van der Waals surface area contributed by atoms with Crippen molar-refractivity contribution < 1.29 is 19.1 Å². The van der Waals surface area contributed by atoms with Gasteiger partial charge in [0.05, 0.1) is 6.04 Å². The summed E-state index contributed by atoms with van der Waals surface area (Å²) in [6, 6.07) is 9.62. The number of methoxy groups -OCH3 is 1. The van der Waals surface area contributed by atoms with Crippen LogP contribution in [-0.4, -0.2) is 68.2 Å². The summed E-state index contributed by atoms with van der Waals surface area (Å²) >= 11 is 1.72. The molecule has 1 aliphatic heterocycles. The highest BCUT2D eigenvalue weighted by Crippen LogP contribution is 2.34. The average molecular weight is 460 g/mol. The van der Waals surface area contributed by atoms with Gasteiger partial charge in [-0.25, -0.2) is 4.79 Å². The summed E-state index contributed by atoms with van der Waals surface area (Å²) in [5, 5.41) is 4.88. The molecule has 0 saturated heterocycles. The van der Waals surface area contributed by atoms with Crippen molar-refractivity contribution in [2.24, 2.45) is 0 Å². The number of hydrogen-bond donors (Lipinski definition) is 1. The second-order valence-electron chi connectivity index (χ2n) is 7.88. The number of thiophene rings is 1. The van der Waals surface area contributed by atoms with E-state index in [0.29, 0.717) is 39.3 Å². The summed E-state index contributed by atoms with van der Waals surface area (Å²) in [5.74, 6) is 0.719. The maximum absolute atomic E-state index is 13.4. The summed E-state index contributed by atoms with van der Waals surface area (Å²) in [6.45, 7) is 6.47. The molecule has 0 spiro atoms.